The van der Waals surface area contributed by atoms with Crippen LogP contribution in [0.1, 0.15) is 99.7 Å². The van der Waals surface area contributed by atoms with Crippen molar-refractivity contribution < 1.29 is 38.5 Å². The molecule has 0 atom stereocenters. The molecule has 224 valence electrons. The van der Waals surface area contributed by atoms with Crippen molar-refractivity contribution in [2.45, 2.75) is 94.4 Å². The summed E-state index contributed by atoms with van der Waals surface area (Å²) in [7, 11) is 0. The van der Waals surface area contributed by atoms with E-state index in [1.165, 1.54) is 6.92 Å². The highest BCUT2D eigenvalue weighted by Gasteiger charge is 2.41. The van der Waals surface area contributed by atoms with E-state index in [0.717, 1.165) is 0 Å². The zero-order chi connectivity index (χ0) is 31.1. The molecular formula is C28H47ClN2O8. The molecule has 10 nitrogen and oxygen atoms in total. The van der Waals surface area contributed by atoms with Gasteiger partial charge in [0.2, 0.25) is 0 Å². The van der Waals surface area contributed by atoms with Crippen molar-refractivity contribution in [1.29, 1.82) is 0 Å². The highest BCUT2D eigenvalue weighted by Crippen LogP contribution is 2.33. The maximum absolute atomic E-state index is 13.3. The number of halogens is 1. The van der Waals surface area contributed by atoms with Gasteiger partial charge in [0.25, 0.3) is 17.1 Å². The summed E-state index contributed by atoms with van der Waals surface area (Å²) in [5.74, 6) is -2.76. The molecule has 11 heteroatoms. The molecule has 1 aliphatic rings. The number of hydrogen-bond acceptors (Lipinski definition) is 8. The van der Waals surface area contributed by atoms with Gasteiger partial charge in [0.1, 0.15) is 5.54 Å². The van der Waals surface area contributed by atoms with Gasteiger partial charge in [0.15, 0.2) is 12.4 Å². The smallest absolute Gasteiger partial charge is 0.303 e. The number of anilines is 1. The molecule has 0 saturated carbocycles. The third kappa shape index (κ3) is 10.9. The average molecular weight is 575 g/mol. The summed E-state index contributed by atoms with van der Waals surface area (Å²) in [6.07, 6.45) is 0. The predicted octanol–water partition coefficient (Wildman–Crippen LogP) is 4.81. The lowest BCUT2D eigenvalue weighted by molar-refractivity contribution is -0.273. The molecule has 1 aromatic carbocycles. The lowest BCUT2D eigenvalue weighted by Crippen LogP contribution is -2.63. The molecule has 1 fully saturated rings. The molecule has 3 N–H and O–H groups in total. The zero-order valence-corrected chi connectivity index (χ0v) is 26.3. The Balaban J connectivity index is 0. The van der Waals surface area contributed by atoms with Crippen LogP contribution in [0.4, 0.5) is 5.69 Å². The van der Waals surface area contributed by atoms with Crippen LogP contribution in [0.3, 0.4) is 0 Å². The first kappa shape index (κ1) is 38.6. The quantitative estimate of drug-likeness (QED) is 0.311. The summed E-state index contributed by atoms with van der Waals surface area (Å²) in [4.78, 5) is 48.8. The Morgan fingerprint density at radius 3 is 1.77 bits per heavy atom. The minimum Gasteiger partial charge on any atom is -0.456 e. The van der Waals surface area contributed by atoms with Crippen molar-refractivity contribution in [3.05, 3.63) is 27.8 Å². The molecule has 0 unspecified atom stereocenters. The summed E-state index contributed by atoms with van der Waals surface area (Å²) in [6, 6.07) is 0. The number of nitrogens with one attached hydrogen (secondary N) is 2. The van der Waals surface area contributed by atoms with E-state index >= 15 is 0 Å². The number of esters is 1. The molecule has 2 amide bonds. The molecule has 1 saturated heterocycles. The second-order valence-electron chi connectivity index (χ2n) is 8.47. The predicted molar refractivity (Wildman–Crippen MR) is 153 cm³/mol. The Labute approximate surface area is 238 Å². The first-order chi connectivity index (χ1) is 18.2. The van der Waals surface area contributed by atoms with Crippen LogP contribution in [0.2, 0.25) is 0 Å². The Kier molecular flexibility index (Phi) is 17.8. The normalized spacial score (nSPS) is 14.5. The summed E-state index contributed by atoms with van der Waals surface area (Å²) >= 11 is 5.80. The monoisotopic (exact) mass is 574 g/mol. The van der Waals surface area contributed by atoms with Gasteiger partial charge in [-0.25, -0.2) is 0 Å². The number of carbonyl (C=O) groups is 4. The van der Waals surface area contributed by atoms with Crippen molar-refractivity contribution in [3.63, 3.8) is 0 Å². The van der Waals surface area contributed by atoms with E-state index in [1.54, 1.807) is 34.6 Å². The fourth-order valence-electron chi connectivity index (χ4n) is 3.60. The van der Waals surface area contributed by atoms with Crippen LogP contribution in [-0.4, -0.2) is 65.9 Å². The number of carbonyl (C=O) groups excluding carboxylic acids is 4. The van der Waals surface area contributed by atoms with Gasteiger partial charge in [-0.05, 0) is 62.9 Å². The Morgan fingerprint density at radius 1 is 0.897 bits per heavy atom. The number of ether oxygens (including phenoxy) is 3. The lowest BCUT2D eigenvalue weighted by Gasteiger charge is -2.43. The van der Waals surface area contributed by atoms with Gasteiger partial charge < -0.3 is 30.0 Å². The fraction of sp³-hybridized carbons (Fsp3) is 0.643. The highest BCUT2D eigenvalue weighted by molar-refractivity contribution is 6.68. The number of aliphatic hydroxyl groups is 1. The standard InChI is InChI=1S/C22H29ClN2O8.3C2H6/c1-11-16(19(23)29)12(2)18(24-15(28)7-31-14(4)27)13(3)17(11)20(30)25-22(8-26)9-32-21(5,6)33-10-22;3*1-2/h26H,7-10H2,1-6H3,(H,24,28)(H,25,30);3*1-2H3. The number of benzene rings is 1. The zero-order valence-electron chi connectivity index (χ0n) is 25.5. The van der Waals surface area contributed by atoms with E-state index < -0.39 is 47.6 Å². The Hall–Kier alpha value is -2.53. The molecule has 0 bridgehead atoms. The SMILES string of the molecule is CC.CC.CC.CC(=O)OCC(=O)Nc1c(C)c(C(=O)Cl)c(C)c(C(=O)NC2(CO)COC(C)(C)OC2)c1C. The van der Waals surface area contributed by atoms with Crippen LogP contribution in [0.25, 0.3) is 0 Å². The second kappa shape index (κ2) is 17.9. The summed E-state index contributed by atoms with van der Waals surface area (Å²) in [6.45, 7) is 20.4. The van der Waals surface area contributed by atoms with Crippen LogP contribution < -0.4 is 10.6 Å². The van der Waals surface area contributed by atoms with Crippen LogP contribution in [0.5, 0.6) is 0 Å². The highest BCUT2D eigenvalue weighted by atomic mass is 35.5. The van der Waals surface area contributed by atoms with Crippen LogP contribution >= 0.6 is 11.6 Å². The van der Waals surface area contributed by atoms with Gasteiger partial charge in [0, 0.05) is 23.7 Å². The number of amides is 2. The van der Waals surface area contributed by atoms with Gasteiger partial charge in [-0.3, -0.25) is 19.2 Å². The van der Waals surface area contributed by atoms with Crippen LogP contribution in [-0.2, 0) is 23.8 Å². The number of hydrogen-bond donors (Lipinski definition) is 3. The Morgan fingerprint density at radius 2 is 1.36 bits per heavy atom. The maximum Gasteiger partial charge on any atom is 0.303 e. The van der Waals surface area contributed by atoms with E-state index in [1.807, 2.05) is 41.5 Å². The molecule has 1 aliphatic heterocycles. The third-order valence-electron chi connectivity index (χ3n) is 5.42. The van der Waals surface area contributed by atoms with Gasteiger partial charge in [-0.1, -0.05) is 41.5 Å². The molecule has 0 spiro atoms. The van der Waals surface area contributed by atoms with Crippen molar-refractivity contribution in [1.82, 2.24) is 5.32 Å². The van der Waals surface area contributed by atoms with E-state index in [-0.39, 0.29) is 30.0 Å². The largest absolute Gasteiger partial charge is 0.456 e. The molecule has 1 heterocycles. The minimum atomic E-state index is -1.21. The van der Waals surface area contributed by atoms with E-state index in [0.29, 0.717) is 16.7 Å². The number of aliphatic hydroxyl groups excluding tert-OH is 1. The molecular weight excluding hydrogens is 528 g/mol. The average Bonchev–Trinajstić information content (AvgIpc) is 2.90. The first-order valence-electron chi connectivity index (χ1n) is 13.2. The van der Waals surface area contributed by atoms with Gasteiger partial charge >= 0.3 is 5.97 Å². The molecule has 1 aromatic rings. The molecule has 39 heavy (non-hydrogen) atoms. The van der Waals surface area contributed by atoms with Gasteiger partial charge in [0.05, 0.1) is 19.8 Å². The molecule has 0 aromatic heterocycles. The van der Waals surface area contributed by atoms with E-state index in [2.05, 4.69) is 10.6 Å². The van der Waals surface area contributed by atoms with Crippen molar-refractivity contribution >= 4 is 40.3 Å². The van der Waals surface area contributed by atoms with Gasteiger partial charge in [-0.2, -0.15) is 0 Å². The summed E-state index contributed by atoms with van der Waals surface area (Å²) < 4.78 is 15.9. The minimum absolute atomic E-state index is 0.000527. The summed E-state index contributed by atoms with van der Waals surface area (Å²) in [5.41, 5.74) is 0.191. The maximum atomic E-state index is 13.3. The second-order valence-corrected chi connectivity index (χ2v) is 8.82. The number of rotatable bonds is 7. The first-order valence-corrected chi connectivity index (χ1v) is 13.6. The van der Waals surface area contributed by atoms with Crippen molar-refractivity contribution in [2.24, 2.45) is 0 Å². The Bertz CT molecular complexity index is 983. The molecule has 0 aliphatic carbocycles. The molecule has 2 rings (SSSR count). The fourth-order valence-corrected chi connectivity index (χ4v) is 3.88. The third-order valence-corrected chi connectivity index (χ3v) is 5.61. The molecule has 0 radical (unpaired) electrons. The van der Waals surface area contributed by atoms with E-state index in [9.17, 15) is 24.3 Å². The van der Waals surface area contributed by atoms with Crippen molar-refractivity contribution in [2.75, 3.05) is 31.7 Å². The summed E-state index contributed by atoms with van der Waals surface area (Å²) in [5, 5.41) is 14.5. The van der Waals surface area contributed by atoms with Gasteiger partial charge in [-0.15, -0.1) is 0 Å². The lowest BCUT2D eigenvalue weighted by atomic mass is 9.90. The topological polar surface area (TPSA) is 140 Å². The van der Waals surface area contributed by atoms with Crippen LogP contribution in [0, 0.1) is 20.8 Å². The van der Waals surface area contributed by atoms with Crippen LogP contribution in [0.15, 0.2) is 0 Å². The van der Waals surface area contributed by atoms with E-state index in [4.69, 9.17) is 25.8 Å². The van der Waals surface area contributed by atoms with Crippen molar-refractivity contribution in [3.8, 4) is 0 Å².